The maximum atomic E-state index is 13.2. The lowest BCUT2D eigenvalue weighted by Gasteiger charge is -2.24. The van der Waals surface area contributed by atoms with E-state index in [0.717, 1.165) is 77.0 Å². The molecule has 3 N–H and O–H groups in total. The lowest BCUT2D eigenvalue weighted by atomic mass is 10.0. The Hall–Kier alpha value is -2.44. The highest BCUT2D eigenvalue weighted by molar-refractivity contribution is 5.77. The lowest BCUT2D eigenvalue weighted by molar-refractivity contribution is -0.151. The molecule has 0 rings (SSSR count). The lowest BCUT2D eigenvalue weighted by Crippen LogP contribution is -2.46. The highest BCUT2D eigenvalue weighted by Crippen LogP contribution is 2.18. The van der Waals surface area contributed by atoms with Crippen LogP contribution in [-0.2, 0) is 14.3 Å². The summed E-state index contributed by atoms with van der Waals surface area (Å²) >= 11 is 0. The SMILES string of the molecule is CCC/C=C/C=C/C=C/C=C/C=C/CCCCCCCC(=O)OC(CCCCCCCCCCCCCCC)CC(=O)NC(CO)C(O)CCCCCCCCCCCCCCCC. The summed E-state index contributed by atoms with van der Waals surface area (Å²) in [6.07, 6.45) is 64.1. The molecule has 1 amide bonds. The molecule has 0 aromatic heterocycles. The standard InChI is InChI=1S/C58H105NO5/c1-4-7-10-13-16-19-22-25-27-28-29-30-33-36-39-42-45-48-51-58(63)64-54(49-46-43-40-37-34-31-24-21-18-15-12-9-6-3)52-57(62)59-55(53-60)56(61)50-47-44-41-38-35-32-26-23-20-17-14-11-8-5-2/h10,13,16,19,22,25,27-30,54-56,60-61H,4-9,11-12,14-15,17-18,20-21,23-24,26,31-53H2,1-3H3,(H,59,62)/b13-10+,19-16+,25-22+,28-27+,30-29+. The van der Waals surface area contributed by atoms with Crippen LogP contribution in [0.2, 0.25) is 0 Å². The Morgan fingerprint density at radius 2 is 0.828 bits per heavy atom. The molecule has 0 bridgehead atoms. The van der Waals surface area contributed by atoms with Gasteiger partial charge in [-0.3, -0.25) is 9.59 Å². The number of carbonyl (C=O) groups excluding carboxylic acids is 2. The zero-order chi connectivity index (χ0) is 46.7. The highest BCUT2D eigenvalue weighted by atomic mass is 16.5. The van der Waals surface area contributed by atoms with Gasteiger partial charge in [0.2, 0.25) is 5.91 Å². The van der Waals surface area contributed by atoms with Crippen LogP contribution in [0.1, 0.15) is 271 Å². The molecule has 372 valence electrons. The molecule has 0 aromatic carbocycles. The number of aliphatic hydroxyl groups excluding tert-OH is 2. The smallest absolute Gasteiger partial charge is 0.306 e. The van der Waals surface area contributed by atoms with Crippen LogP contribution in [0.3, 0.4) is 0 Å². The van der Waals surface area contributed by atoms with Crippen molar-refractivity contribution >= 4 is 11.9 Å². The van der Waals surface area contributed by atoms with Gasteiger partial charge in [0, 0.05) is 6.42 Å². The van der Waals surface area contributed by atoms with Crippen molar-refractivity contribution in [1.82, 2.24) is 5.32 Å². The minimum Gasteiger partial charge on any atom is -0.462 e. The van der Waals surface area contributed by atoms with Crippen LogP contribution in [0.15, 0.2) is 60.8 Å². The maximum Gasteiger partial charge on any atom is 0.306 e. The molecule has 0 aromatic rings. The van der Waals surface area contributed by atoms with E-state index in [1.54, 1.807) is 0 Å². The quantitative estimate of drug-likeness (QED) is 0.0321. The zero-order valence-corrected chi connectivity index (χ0v) is 42.4. The molecule has 0 spiro atoms. The van der Waals surface area contributed by atoms with Crippen LogP contribution < -0.4 is 5.32 Å². The summed E-state index contributed by atoms with van der Waals surface area (Å²) < 4.78 is 5.94. The number of rotatable bonds is 49. The summed E-state index contributed by atoms with van der Waals surface area (Å²) in [6, 6.07) is -0.707. The van der Waals surface area contributed by atoms with Gasteiger partial charge < -0.3 is 20.3 Å². The molecule has 0 heterocycles. The molecule has 6 nitrogen and oxygen atoms in total. The maximum absolute atomic E-state index is 13.2. The van der Waals surface area contributed by atoms with Crippen LogP contribution in [-0.4, -0.2) is 46.9 Å². The average molecular weight is 896 g/mol. The van der Waals surface area contributed by atoms with Crippen molar-refractivity contribution in [3.05, 3.63) is 60.8 Å². The first kappa shape index (κ1) is 61.6. The second-order valence-electron chi connectivity index (χ2n) is 18.8. The van der Waals surface area contributed by atoms with Gasteiger partial charge in [-0.15, -0.1) is 0 Å². The minimum atomic E-state index is -0.792. The number of hydrogen-bond acceptors (Lipinski definition) is 5. The van der Waals surface area contributed by atoms with Gasteiger partial charge in [0.1, 0.15) is 6.10 Å². The molecule has 0 aliphatic heterocycles. The van der Waals surface area contributed by atoms with Gasteiger partial charge in [0.15, 0.2) is 0 Å². The summed E-state index contributed by atoms with van der Waals surface area (Å²) in [6.45, 7) is 6.41. The van der Waals surface area contributed by atoms with E-state index in [-0.39, 0.29) is 24.9 Å². The third kappa shape index (κ3) is 46.1. The molecule has 6 heteroatoms. The molecule has 0 fully saturated rings. The second-order valence-corrected chi connectivity index (χ2v) is 18.8. The van der Waals surface area contributed by atoms with E-state index in [1.165, 1.54) is 148 Å². The number of nitrogens with one attached hydrogen (secondary N) is 1. The topological polar surface area (TPSA) is 95.9 Å². The van der Waals surface area contributed by atoms with Gasteiger partial charge in [-0.2, -0.15) is 0 Å². The molecule has 0 saturated heterocycles. The summed E-state index contributed by atoms with van der Waals surface area (Å²) in [5.74, 6) is -0.494. The molecule has 0 saturated carbocycles. The molecular weight excluding hydrogens is 791 g/mol. The van der Waals surface area contributed by atoms with E-state index in [2.05, 4.69) is 62.5 Å². The molecule has 64 heavy (non-hydrogen) atoms. The largest absolute Gasteiger partial charge is 0.462 e. The Morgan fingerprint density at radius 3 is 1.27 bits per heavy atom. The average Bonchev–Trinajstić information content (AvgIpc) is 3.29. The fourth-order valence-electron chi connectivity index (χ4n) is 8.29. The van der Waals surface area contributed by atoms with E-state index >= 15 is 0 Å². The predicted octanol–water partition coefficient (Wildman–Crippen LogP) is 16.8. The van der Waals surface area contributed by atoms with Crippen molar-refractivity contribution in [2.45, 2.75) is 289 Å². The van der Waals surface area contributed by atoms with E-state index < -0.39 is 18.2 Å². The van der Waals surface area contributed by atoms with E-state index in [4.69, 9.17) is 4.74 Å². The number of amides is 1. The molecular formula is C58H105NO5. The van der Waals surface area contributed by atoms with E-state index in [9.17, 15) is 19.8 Å². The molecule has 3 atom stereocenters. The highest BCUT2D eigenvalue weighted by Gasteiger charge is 2.24. The predicted molar refractivity (Wildman–Crippen MR) is 278 cm³/mol. The van der Waals surface area contributed by atoms with Gasteiger partial charge >= 0.3 is 5.97 Å². The summed E-state index contributed by atoms with van der Waals surface area (Å²) in [5, 5.41) is 23.8. The third-order valence-corrected chi connectivity index (χ3v) is 12.5. The monoisotopic (exact) mass is 896 g/mol. The first-order valence-corrected chi connectivity index (χ1v) is 27.6. The van der Waals surface area contributed by atoms with Crippen LogP contribution in [0.25, 0.3) is 0 Å². The molecule has 0 radical (unpaired) electrons. The van der Waals surface area contributed by atoms with Crippen LogP contribution in [0.4, 0.5) is 0 Å². The number of unbranched alkanes of at least 4 members (excludes halogenated alkanes) is 31. The van der Waals surface area contributed by atoms with Gasteiger partial charge in [-0.05, 0) is 44.9 Å². The second kappa shape index (κ2) is 51.5. The van der Waals surface area contributed by atoms with Crippen molar-refractivity contribution in [2.75, 3.05) is 6.61 Å². The first-order valence-electron chi connectivity index (χ1n) is 27.6. The minimum absolute atomic E-state index is 0.0683. The van der Waals surface area contributed by atoms with Crippen molar-refractivity contribution < 1.29 is 24.5 Å². The number of carbonyl (C=O) groups is 2. The Kier molecular flexibility index (Phi) is 49.6. The third-order valence-electron chi connectivity index (χ3n) is 12.5. The van der Waals surface area contributed by atoms with Crippen molar-refractivity contribution in [3.63, 3.8) is 0 Å². The Balaban J connectivity index is 4.59. The molecule has 3 unspecified atom stereocenters. The Bertz CT molecular complexity index is 1140. The van der Waals surface area contributed by atoms with Gasteiger partial charge in [0.25, 0.3) is 0 Å². The van der Waals surface area contributed by atoms with Crippen molar-refractivity contribution in [3.8, 4) is 0 Å². The van der Waals surface area contributed by atoms with E-state index in [1.807, 2.05) is 24.3 Å². The normalized spacial score (nSPS) is 13.6. The summed E-state index contributed by atoms with van der Waals surface area (Å²) in [5.41, 5.74) is 0. The van der Waals surface area contributed by atoms with Crippen LogP contribution in [0.5, 0.6) is 0 Å². The van der Waals surface area contributed by atoms with Crippen LogP contribution in [0, 0.1) is 0 Å². The fraction of sp³-hybridized carbons (Fsp3) is 0.793. The number of aliphatic hydroxyl groups is 2. The van der Waals surface area contributed by atoms with Crippen molar-refractivity contribution in [1.29, 1.82) is 0 Å². The van der Waals surface area contributed by atoms with Gasteiger partial charge in [-0.1, -0.05) is 274 Å². The molecule has 0 aliphatic carbocycles. The fourth-order valence-corrected chi connectivity index (χ4v) is 8.29. The number of hydrogen-bond donors (Lipinski definition) is 3. The number of ether oxygens (including phenoxy) is 1. The first-order chi connectivity index (χ1) is 31.5. The van der Waals surface area contributed by atoms with Crippen molar-refractivity contribution in [2.24, 2.45) is 0 Å². The summed E-state index contributed by atoms with van der Waals surface area (Å²) in [4.78, 5) is 26.2. The number of esters is 1. The number of allylic oxidation sites excluding steroid dienone is 10. The molecule has 0 aliphatic rings. The van der Waals surface area contributed by atoms with E-state index in [0.29, 0.717) is 19.3 Å². The summed E-state index contributed by atoms with van der Waals surface area (Å²) in [7, 11) is 0. The van der Waals surface area contributed by atoms with Gasteiger partial charge in [0.05, 0.1) is 25.2 Å². The Labute approximate surface area is 397 Å². The zero-order valence-electron chi connectivity index (χ0n) is 42.4. The van der Waals surface area contributed by atoms with Crippen LogP contribution >= 0.6 is 0 Å². The van der Waals surface area contributed by atoms with Gasteiger partial charge in [-0.25, -0.2) is 0 Å². The Morgan fingerprint density at radius 1 is 0.453 bits per heavy atom.